The molecule has 0 unspecified atom stereocenters. The van der Waals surface area contributed by atoms with E-state index in [9.17, 15) is 4.79 Å². The molecule has 1 N–H and O–H groups in total. The standard InChI is InChI=1S/C22H30ClN3O/c23-20-3-1-16(2-4-20)15-25-5-7-26(8-6-25)21(27)24-22-12-17-9-18(13-22)11-19(10-17)14-22/h1-4,17-19H,5-15H2,(H,24,27). The molecule has 4 nitrogen and oxygen atoms in total. The molecule has 4 aliphatic carbocycles. The SMILES string of the molecule is O=C(NC12CC3CC(CC(C3)C1)C2)N1CCN(Cc2ccc(Cl)cc2)CC1. The first-order valence-electron chi connectivity index (χ1n) is 10.6. The smallest absolute Gasteiger partial charge is 0.317 e. The zero-order valence-electron chi connectivity index (χ0n) is 16.0. The third kappa shape index (κ3) is 3.71. The summed E-state index contributed by atoms with van der Waals surface area (Å²) in [5, 5.41) is 4.30. The fourth-order valence-corrected chi connectivity index (χ4v) is 6.65. The van der Waals surface area contributed by atoms with Crippen LogP contribution in [0.5, 0.6) is 0 Å². The molecule has 5 fully saturated rings. The number of urea groups is 1. The lowest BCUT2D eigenvalue weighted by molar-refractivity contribution is -0.0165. The van der Waals surface area contributed by atoms with Crippen molar-refractivity contribution < 1.29 is 4.79 Å². The summed E-state index contributed by atoms with van der Waals surface area (Å²) >= 11 is 5.97. The van der Waals surface area contributed by atoms with E-state index in [1.165, 1.54) is 44.1 Å². The molecule has 1 saturated heterocycles. The maximum Gasteiger partial charge on any atom is 0.317 e. The predicted octanol–water partition coefficient (Wildman–Crippen LogP) is 4.14. The zero-order valence-corrected chi connectivity index (χ0v) is 16.8. The normalized spacial score (nSPS) is 35.4. The summed E-state index contributed by atoms with van der Waals surface area (Å²) in [7, 11) is 0. The van der Waals surface area contributed by atoms with E-state index in [4.69, 9.17) is 11.6 Å². The molecule has 1 heterocycles. The molecule has 0 radical (unpaired) electrons. The monoisotopic (exact) mass is 387 g/mol. The summed E-state index contributed by atoms with van der Waals surface area (Å²) in [5.41, 5.74) is 1.40. The number of nitrogens with zero attached hydrogens (tertiary/aromatic N) is 2. The lowest BCUT2D eigenvalue weighted by Gasteiger charge is -2.57. The molecule has 0 spiro atoms. The lowest BCUT2D eigenvalue weighted by Crippen LogP contribution is -2.63. The van der Waals surface area contributed by atoms with E-state index in [1.54, 1.807) is 0 Å². The lowest BCUT2D eigenvalue weighted by atomic mass is 9.53. The van der Waals surface area contributed by atoms with Gasteiger partial charge in [0, 0.05) is 43.3 Å². The maximum absolute atomic E-state index is 13.0. The highest BCUT2D eigenvalue weighted by Gasteiger charge is 2.51. The molecule has 5 heteroatoms. The van der Waals surface area contributed by atoms with Gasteiger partial charge in [-0.1, -0.05) is 23.7 Å². The minimum Gasteiger partial charge on any atom is -0.333 e. The summed E-state index contributed by atoms with van der Waals surface area (Å²) in [6.45, 7) is 4.47. The van der Waals surface area contributed by atoms with Crippen LogP contribution in [-0.2, 0) is 6.54 Å². The van der Waals surface area contributed by atoms with Crippen LogP contribution >= 0.6 is 11.6 Å². The summed E-state index contributed by atoms with van der Waals surface area (Å²) in [6, 6.07) is 8.27. The van der Waals surface area contributed by atoms with Gasteiger partial charge in [-0.2, -0.15) is 0 Å². The number of carbonyl (C=O) groups excluding carboxylic acids is 1. The number of rotatable bonds is 3. The van der Waals surface area contributed by atoms with Crippen LogP contribution in [-0.4, -0.2) is 47.5 Å². The van der Waals surface area contributed by atoms with E-state index in [1.807, 2.05) is 17.0 Å². The summed E-state index contributed by atoms with van der Waals surface area (Å²) in [5.74, 6) is 2.60. The van der Waals surface area contributed by atoms with E-state index in [2.05, 4.69) is 22.3 Å². The highest BCUT2D eigenvalue weighted by Crippen LogP contribution is 2.55. The molecule has 4 bridgehead atoms. The van der Waals surface area contributed by atoms with Crippen molar-refractivity contribution in [1.82, 2.24) is 15.1 Å². The number of piperazine rings is 1. The van der Waals surface area contributed by atoms with Crippen molar-refractivity contribution in [2.75, 3.05) is 26.2 Å². The van der Waals surface area contributed by atoms with Crippen LogP contribution < -0.4 is 5.32 Å². The molecule has 6 rings (SSSR count). The second kappa shape index (κ2) is 6.97. The van der Waals surface area contributed by atoms with Gasteiger partial charge in [-0.05, 0) is 74.0 Å². The van der Waals surface area contributed by atoms with Crippen LogP contribution in [0.1, 0.15) is 44.1 Å². The van der Waals surface area contributed by atoms with Crippen LogP contribution in [0.15, 0.2) is 24.3 Å². The molecule has 146 valence electrons. The number of halogens is 1. The molecule has 0 aromatic heterocycles. The second-order valence-electron chi connectivity index (χ2n) is 9.52. The van der Waals surface area contributed by atoms with Crippen molar-refractivity contribution in [2.24, 2.45) is 17.8 Å². The van der Waals surface area contributed by atoms with Gasteiger partial charge in [0.1, 0.15) is 0 Å². The third-order valence-corrected chi connectivity index (χ3v) is 7.64. The first-order chi connectivity index (χ1) is 13.1. The largest absolute Gasteiger partial charge is 0.333 e. The molecule has 27 heavy (non-hydrogen) atoms. The van der Waals surface area contributed by atoms with Crippen molar-refractivity contribution in [1.29, 1.82) is 0 Å². The van der Waals surface area contributed by atoms with Crippen LogP contribution in [0.25, 0.3) is 0 Å². The first kappa shape index (κ1) is 17.8. The molecular formula is C22H30ClN3O. The van der Waals surface area contributed by atoms with Crippen LogP contribution in [0.4, 0.5) is 4.79 Å². The van der Waals surface area contributed by atoms with E-state index in [0.717, 1.165) is 55.5 Å². The van der Waals surface area contributed by atoms with Crippen LogP contribution in [0, 0.1) is 17.8 Å². The Kier molecular flexibility index (Phi) is 4.60. The molecule has 4 saturated carbocycles. The Morgan fingerprint density at radius 3 is 2.07 bits per heavy atom. The third-order valence-electron chi connectivity index (χ3n) is 7.39. The summed E-state index contributed by atoms with van der Waals surface area (Å²) in [6.07, 6.45) is 7.92. The van der Waals surface area contributed by atoms with Gasteiger partial charge in [0.15, 0.2) is 0 Å². The topological polar surface area (TPSA) is 35.6 Å². The first-order valence-corrected chi connectivity index (χ1v) is 11.0. The Hall–Kier alpha value is -1.26. The van der Waals surface area contributed by atoms with Crippen molar-refractivity contribution in [3.63, 3.8) is 0 Å². The average molecular weight is 388 g/mol. The molecule has 5 aliphatic rings. The Morgan fingerprint density at radius 2 is 1.52 bits per heavy atom. The van der Waals surface area contributed by atoms with Gasteiger partial charge in [-0.15, -0.1) is 0 Å². The van der Waals surface area contributed by atoms with Crippen molar-refractivity contribution in [3.8, 4) is 0 Å². The maximum atomic E-state index is 13.0. The molecule has 1 aliphatic heterocycles. The fourth-order valence-electron chi connectivity index (χ4n) is 6.53. The number of carbonyl (C=O) groups is 1. The second-order valence-corrected chi connectivity index (χ2v) is 9.95. The van der Waals surface area contributed by atoms with Gasteiger partial charge in [-0.3, -0.25) is 4.90 Å². The molecule has 1 aromatic rings. The molecule has 0 atom stereocenters. The van der Waals surface area contributed by atoms with Gasteiger partial charge in [-0.25, -0.2) is 4.79 Å². The van der Waals surface area contributed by atoms with E-state index < -0.39 is 0 Å². The van der Waals surface area contributed by atoms with Crippen molar-refractivity contribution in [3.05, 3.63) is 34.9 Å². The minimum atomic E-state index is 0.117. The number of benzene rings is 1. The van der Waals surface area contributed by atoms with Gasteiger partial charge in [0.2, 0.25) is 0 Å². The van der Waals surface area contributed by atoms with E-state index >= 15 is 0 Å². The van der Waals surface area contributed by atoms with Gasteiger partial charge < -0.3 is 10.2 Å². The highest BCUT2D eigenvalue weighted by molar-refractivity contribution is 6.30. The Balaban J connectivity index is 1.14. The Bertz CT molecular complexity index is 661. The predicted molar refractivity (Wildman–Crippen MR) is 108 cm³/mol. The van der Waals surface area contributed by atoms with E-state index in [0.29, 0.717) is 0 Å². The van der Waals surface area contributed by atoms with E-state index in [-0.39, 0.29) is 11.6 Å². The fraction of sp³-hybridized carbons (Fsp3) is 0.682. The Morgan fingerprint density at radius 1 is 0.963 bits per heavy atom. The zero-order chi connectivity index (χ0) is 18.4. The van der Waals surface area contributed by atoms with Gasteiger partial charge in [0.05, 0.1) is 0 Å². The minimum absolute atomic E-state index is 0.117. The quantitative estimate of drug-likeness (QED) is 0.846. The van der Waals surface area contributed by atoms with Gasteiger partial charge in [0.25, 0.3) is 0 Å². The number of hydrogen-bond donors (Lipinski definition) is 1. The summed E-state index contributed by atoms with van der Waals surface area (Å²) < 4.78 is 0. The van der Waals surface area contributed by atoms with Crippen LogP contribution in [0.2, 0.25) is 5.02 Å². The van der Waals surface area contributed by atoms with Gasteiger partial charge >= 0.3 is 6.03 Å². The van der Waals surface area contributed by atoms with Crippen molar-refractivity contribution >= 4 is 17.6 Å². The Labute approximate surface area is 167 Å². The van der Waals surface area contributed by atoms with Crippen LogP contribution in [0.3, 0.4) is 0 Å². The molecule has 1 aromatic carbocycles. The molecular weight excluding hydrogens is 358 g/mol. The number of hydrogen-bond acceptors (Lipinski definition) is 2. The number of nitrogens with one attached hydrogen (secondary N) is 1. The highest BCUT2D eigenvalue weighted by atomic mass is 35.5. The van der Waals surface area contributed by atoms with Crippen molar-refractivity contribution in [2.45, 2.75) is 50.6 Å². The average Bonchev–Trinajstić information content (AvgIpc) is 2.63. The molecule has 2 amide bonds. The number of amides is 2. The summed E-state index contributed by atoms with van der Waals surface area (Å²) in [4.78, 5) is 17.4.